The van der Waals surface area contributed by atoms with Gasteiger partial charge in [0, 0.05) is 43.1 Å². The number of halogens is 3. The second-order valence-corrected chi connectivity index (χ2v) is 10.3. The Bertz CT molecular complexity index is 1250. The number of benzene rings is 3. The van der Waals surface area contributed by atoms with Crippen molar-refractivity contribution in [2.24, 2.45) is 5.92 Å². The van der Waals surface area contributed by atoms with E-state index < -0.39 is 28.9 Å². The Kier molecular flexibility index (Phi) is 7.24. The van der Waals surface area contributed by atoms with Gasteiger partial charge in [-0.05, 0) is 73.6 Å². The van der Waals surface area contributed by atoms with Crippen LogP contribution in [0.2, 0.25) is 0 Å². The fraction of sp³-hybridized carbons (Fsp3) is 0.367. The molecule has 7 heteroatoms. The molecule has 2 aliphatic rings. The van der Waals surface area contributed by atoms with E-state index in [4.69, 9.17) is 0 Å². The Morgan fingerprint density at radius 3 is 2.24 bits per heavy atom. The van der Waals surface area contributed by atoms with Crippen LogP contribution in [0, 0.1) is 23.4 Å². The molecule has 1 heterocycles. The highest BCUT2D eigenvalue weighted by Gasteiger charge is 2.42. The second-order valence-electron chi connectivity index (χ2n) is 10.3. The first kappa shape index (κ1) is 25.3. The molecule has 0 radical (unpaired) electrons. The Labute approximate surface area is 216 Å². The lowest BCUT2D eigenvalue weighted by atomic mass is 9.71. The zero-order chi connectivity index (χ0) is 26.0. The number of hydrogen-bond donors (Lipinski definition) is 1. The van der Waals surface area contributed by atoms with Crippen molar-refractivity contribution in [2.75, 3.05) is 36.4 Å². The van der Waals surface area contributed by atoms with E-state index >= 15 is 0 Å². The van der Waals surface area contributed by atoms with Crippen LogP contribution in [-0.4, -0.2) is 37.0 Å². The molecule has 0 atom stereocenters. The fourth-order valence-corrected chi connectivity index (χ4v) is 5.87. The van der Waals surface area contributed by atoms with E-state index in [-0.39, 0.29) is 5.54 Å². The van der Waals surface area contributed by atoms with Gasteiger partial charge in [0.05, 0.1) is 0 Å². The molecule has 0 spiro atoms. The van der Waals surface area contributed by atoms with Crippen molar-refractivity contribution in [2.45, 2.75) is 38.1 Å². The molecule has 1 amide bonds. The van der Waals surface area contributed by atoms with E-state index in [0.29, 0.717) is 17.7 Å². The molecule has 0 aromatic heterocycles. The molecule has 1 saturated heterocycles. The summed E-state index contributed by atoms with van der Waals surface area (Å²) in [5.41, 5.74) is 1.67. The predicted molar refractivity (Wildman–Crippen MR) is 140 cm³/mol. The maximum Gasteiger partial charge on any atom is 0.261 e. The Hall–Kier alpha value is -3.32. The van der Waals surface area contributed by atoms with Gasteiger partial charge in [-0.3, -0.25) is 9.69 Å². The van der Waals surface area contributed by atoms with Gasteiger partial charge < -0.3 is 10.2 Å². The lowest BCUT2D eigenvalue weighted by Crippen LogP contribution is -2.56. The van der Waals surface area contributed by atoms with Gasteiger partial charge in [0.2, 0.25) is 0 Å². The summed E-state index contributed by atoms with van der Waals surface area (Å²) in [7, 11) is 0. The molecular formula is C30H32F3N3O. The maximum atomic E-state index is 14.2. The number of carbonyl (C=O) groups excluding carboxylic acids is 1. The van der Waals surface area contributed by atoms with Crippen molar-refractivity contribution in [1.82, 2.24) is 4.90 Å². The number of nitrogens with one attached hydrogen (secondary N) is 1. The molecule has 194 valence electrons. The summed E-state index contributed by atoms with van der Waals surface area (Å²) < 4.78 is 42.0. The van der Waals surface area contributed by atoms with Crippen molar-refractivity contribution in [3.63, 3.8) is 0 Å². The molecular weight excluding hydrogens is 475 g/mol. The summed E-state index contributed by atoms with van der Waals surface area (Å²) in [6.07, 6.45) is 4.22. The van der Waals surface area contributed by atoms with E-state index in [1.807, 2.05) is 18.2 Å². The summed E-state index contributed by atoms with van der Waals surface area (Å²) in [4.78, 5) is 17.7. The number of hydrogen-bond acceptors (Lipinski definition) is 3. The smallest absolute Gasteiger partial charge is 0.261 e. The molecule has 3 aromatic carbocycles. The Morgan fingerprint density at radius 1 is 0.865 bits per heavy atom. The Balaban J connectivity index is 1.39. The van der Waals surface area contributed by atoms with Crippen LogP contribution < -0.4 is 10.2 Å². The van der Waals surface area contributed by atoms with E-state index in [2.05, 4.69) is 52.4 Å². The zero-order valence-electron chi connectivity index (χ0n) is 21.0. The first-order chi connectivity index (χ1) is 17.9. The maximum absolute atomic E-state index is 14.2. The van der Waals surface area contributed by atoms with Crippen LogP contribution in [0.1, 0.15) is 48.5 Å². The van der Waals surface area contributed by atoms with E-state index in [1.54, 1.807) is 6.07 Å². The summed E-state index contributed by atoms with van der Waals surface area (Å²) in [5, 5.41) is 2.59. The third-order valence-corrected chi connectivity index (χ3v) is 8.04. The lowest BCUT2D eigenvalue weighted by Gasteiger charge is -2.51. The summed E-state index contributed by atoms with van der Waals surface area (Å²) in [5.74, 6) is -4.19. The average molecular weight is 508 g/mol. The minimum atomic E-state index is -1.48. The molecule has 1 aliphatic heterocycles. The number of para-hydroxylation sites is 1. The van der Waals surface area contributed by atoms with Crippen LogP contribution in [0.4, 0.5) is 24.5 Å². The van der Waals surface area contributed by atoms with Gasteiger partial charge in [-0.2, -0.15) is 0 Å². The summed E-state index contributed by atoms with van der Waals surface area (Å²) in [6.45, 7) is 5.97. The van der Waals surface area contributed by atoms with Crippen LogP contribution in [0.3, 0.4) is 0 Å². The van der Waals surface area contributed by atoms with Crippen LogP contribution in [0.5, 0.6) is 0 Å². The molecule has 0 bridgehead atoms. The summed E-state index contributed by atoms with van der Waals surface area (Å²) in [6, 6.07) is 19.4. The quantitative estimate of drug-likeness (QED) is 0.396. The second kappa shape index (κ2) is 10.6. The molecule has 3 aromatic rings. The van der Waals surface area contributed by atoms with Crippen LogP contribution in [-0.2, 0) is 5.54 Å². The van der Waals surface area contributed by atoms with Crippen LogP contribution in [0.25, 0.3) is 0 Å². The number of amides is 1. The van der Waals surface area contributed by atoms with Gasteiger partial charge in [-0.1, -0.05) is 37.3 Å². The molecule has 5 rings (SSSR count). The minimum absolute atomic E-state index is 0.175. The lowest BCUT2D eigenvalue weighted by molar-refractivity contribution is 0.0299. The first-order valence-corrected chi connectivity index (χ1v) is 13.0. The monoisotopic (exact) mass is 507 g/mol. The topological polar surface area (TPSA) is 35.6 Å². The van der Waals surface area contributed by atoms with Gasteiger partial charge in [0.1, 0.15) is 11.4 Å². The highest BCUT2D eigenvalue weighted by molar-refractivity contribution is 6.04. The molecule has 37 heavy (non-hydrogen) atoms. The van der Waals surface area contributed by atoms with Crippen LogP contribution >= 0.6 is 0 Å². The molecule has 4 nitrogen and oxygen atoms in total. The molecule has 2 fully saturated rings. The van der Waals surface area contributed by atoms with Crippen molar-refractivity contribution < 1.29 is 18.0 Å². The molecule has 0 unspecified atom stereocenters. The van der Waals surface area contributed by atoms with Crippen molar-refractivity contribution in [3.05, 3.63) is 95.3 Å². The number of carbonyl (C=O) groups is 1. The van der Waals surface area contributed by atoms with Crippen molar-refractivity contribution in [3.8, 4) is 0 Å². The number of anilines is 2. The molecule has 1 N–H and O–H groups in total. The number of nitrogens with zero attached hydrogens (tertiary/aromatic N) is 2. The fourth-order valence-electron chi connectivity index (χ4n) is 5.87. The third kappa shape index (κ3) is 5.10. The van der Waals surface area contributed by atoms with E-state index in [0.717, 1.165) is 63.5 Å². The number of rotatable bonds is 5. The zero-order valence-corrected chi connectivity index (χ0v) is 21.0. The minimum Gasteiger partial charge on any atom is -0.369 e. The van der Waals surface area contributed by atoms with Gasteiger partial charge in [-0.25, -0.2) is 13.2 Å². The van der Waals surface area contributed by atoms with E-state index in [1.165, 1.54) is 5.69 Å². The standard InChI is InChI=1S/C30H32F3N3O/c1-21-12-14-30(15-13-21,36-18-16-35(17-19-36)24-8-3-2-4-9-24)22-6-5-7-23(20-22)34-29(37)27-25(31)10-11-26(32)28(27)33/h2-11,20-21H,12-19H2,1H3,(H,34,37)/t21-,30-. The van der Waals surface area contributed by atoms with Gasteiger partial charge in [0.15, 0.2) is 11.6 Å². The molecule has 1 aliphatic carbocycles. The Morgan fingerprint density at radius 2 is 1.54 bits per heavy atom. The number of piperazine rings is 1. The summed E-state index contributed by atoms with van der Waals surface area (Å²) >= 11 is 0. The first-order valence-electron chi connectivity index (χ1n) is 13.0. The normalized spacial score (nSPS) is 22.6. The van der Waals surface area contributed by atoms with Gasteiger partial charge >= 0.3 is 0 Å². The third-order valence-electron chi connectivity index (χ3n) is 8.04. The predicted octanol–water partition coefficient (Wildman–Crippen LogP) is 6.58. The SMILES string of the molecule is C[C@H]1CC[C@](c2cccc(NC(=O)c3c(F)ccc(F)c3F)c2)(N2CCN(c3ccccc3)CC2)CC1. The van der Waals surface area contributed by atoms with Gasteiger partial charge in [-0.15, -0.1) is 0 Å². The van der Waals surface area contributed by atoms with Crippen molar-refractivity contribution >= 4 is 17.3 Å². The van der Waals surface area contributed by atoms with E-state index in [9.17, 15) is 18.0 Å². The molecule has 1 saturated carbocycles. The average Bonchev–Trinajstić information content (AvgIpc) is 2.92. The van der Waals surface area contributed by atoms with Crippen molar-refractivity contribution in [1.29, 1.82) is 0 Å². The highest BCUT2D eigenvalue weighted by Crippen LogP contribution is 2.45. The highest BCUT2D eigenvalue weighted by atomic mass is 19.2. The largest absolute Gasteiger partial charge is 0.369 e. The van der Waals surface area contributed by atoms with Crippen LogP contribution in [0.15, 0.2) is 66.7 Å². The van der Waals surface area contributed by atoms with Gasteiger partial charge in [0.25, 0.3) is 5.91 Å².